The lowest BCUT2D eigenvalue weighted by Crippen LogP contribution is -2.06. The van der Waals surface area contributed by atoms with Gasteiger partial charge in [0.15, 0.2) is 5.78 Å². The van der Waals surface area contributed by atoms with Crippen molar-refractivity contribution in [2.45, 2.75) is 45.4 Å². The summed E-state index contributed by atoms with van der Waals surface area (Å²) in [6.45, 7) is 2.10. The van der Waals surface area contributed by atoms with Crippen LogP contribution < -0.4 is 4.74 Å². The van der Waals surface area contributed by atoms with Crippen LogP contribution in [0.15, 0.2) is 12.1 Å². The van der Waals surface area contributed by atoms with Crippen molar-refractivity contribution in [2.24, 2.45) is 0 Å². The third kappa shape index (κ3) is 4.62. The minimum Gasteiger partial charge on any atom is -0.497 e. The molecule has 0 heterocycles. The number of unbranched alkanes of at least 4 members (excludes halogenated alkanes) is 4. The molecule has 0 aliphatic carbocycles. The van der Waals surface area contributed by atoms with Crippen molar-refractivity contribution in [1.82, 2.24) is 0 Å². The van der Waals surface area contributed by atoms with Crippen LogP contribution in [0.5, 0.6) is 5.75 Å². The highest BCUT2D eigenvalue weighted by molar-refractivity contribution is 5.96. The smallest absolute Gasteiger partial charge is 0.168 e. The van der Waals surface area contributed by atoms with E-state index in [1.807, 2.05) is 0 Å². The van der Waals surface area contributed by atoms with Crippen LogP contribution in [0, 0.1) is 11.6 Å². The molecule has 19 heavy (non-hydrogen) atoms. The van der Waals surface area contributed by atoms with Gasteiger partial charge in [0.05, 0.1) is 12.7 Å². The number of ketones is 1. The van der Waals surface area contributed by atoms with Gasteiger partial charge in [-0.2, -0.15) is 0 Å². The summed E-state index contributed by atoms with van der Waals surface area (Å²) in [5.41, 5.74) is -0.448. The molecule has 0 fully saturated rings. The predicted octanol–water partition coefficient (Wildman–Crippen LogP) is 4.52. The summed E-state index contributed by atoms with van der Waals surface area (Å²) in [7, 11) is 1.32. The van der Waals surface area contributed by atoms with E-state index in [-0.39, 0.29) is 12.2 Å². The number of methoxy groups -OCH3 is 1. The van der Waals surface area contributed by atoms with E-state index in [0.717, 1.165) is 37.8 Å². The highest BCUT2D eigenvalue weighted by atomic mass is 19.1. The zero-order valence-electron chi connectivity index (χ0n) is 11.5. The first-order chi connectivity index (χ1) is 9.10. The first-order valence-corrected chi connectivity index (χ1v) is 6.66. The van der Waals surface area contributed by atoms with E-state index < -0.39 is 23.0 Å². The van der Waals surface area contributed by atoms with Gasteiger partial charge in [-0.25, -0.2) is 8.78 Å². The van der Waals surface area contributed by atoms with Crippen molar-refractivity contribution in [3.8, 4) is 5.75 Å². The lowest BCUT2D eigenvalue weighted by atomic mass is 10.0. The molecule has 0 atom stereocenters. The summed E-state index contributed by atoms with van der Waals surface area (Å²) in [5, 5.41) is 0. The number of rotatable bonds is 8. The summed E-state index contributed by atoms with van der Waals surface area (Å²) >= 11 is 0. The third-order valence-electron chi connectivity index (χ3n) is 3.04. The molecule has 0 amide bonds. The molecule has 0 aliphatic rings. The van der Waals surface area contributed by atoms with Crippen LogP contribution in [0.2, 0.25) is 0 Å². The fourth-order valence-corrected chi connectivity index (χ4v) is 1.95. The molecule has 0 saturated carbocycles. The number of carbonyl (C=O) groups is 1. The van der Waals surface area contributed by atoms with Gasteiger partial charge in [-0.3, -0.25) is 4.79 Å². The number of carbonyl (C=O) groups excluding carboxylic acids is 1. The largest absolute Gasteiger partial charge is 0.497 e. The summed E-state index contributed by atoms with van der Waals surface area (Å²) in [5.74, 6) is -2.10. The summed E-state index contributed by atoms with van der Waals surface area (Å²) in [4.78, 5) is 11.8. The molecule has 0 saturated heterocycles. The quantitative estimate of drug-likeness (QED) is 0.513. The zero-order valence-corrected chi connectivity index (χ0v) is 11.5. The summed E-state index contributed by atoms with van der Waals surface area (Å²) in [6, 6.07) is 2.07. The van der Waals surface area contributed by atoms with E-state index in [0.29, 0.717) is 6.42 Å². The number of hydrogen-bond donors (Lipinski definition) is 0. The zero-order chi connectivity index (χ0) is 14.3. The van der Waals surface area contributed by atoms with Gasteiger partial charge in [0, 0.05) is 18.6 Å². The number of Topliss-reactive ketones (excluding diaryl/α,β-unsaturated/α-hetero) is 1. The summed E-state index contributed by atoms with van der Waals surface area (Å²) in [6.07, 6.45) is 5.07. The molecular weight excluding hydrogens is 250 g/mol. The van der Waals surface area contributed by atoms with Crippen LogP contribution in [-0.4, -0.2) is 12.9 Å². The monoisotopic (exact) mass is 270 g/mol. The topological polar surface area (TPSA) is 26.3 Å². The fourth-order valence-electron chi connectivity index (χ4n) is 1.95. The maximum absolute atomic E-state index is 13.6. The minimum absolute atomic E-state index is 0.0782. The van der Waals surface area contributed by atoms with Crippen LogP contribution in [0.4, 0.5) is 8.78 Å². The Kier molecular flexibility index (Phi) is 6.46. The molecular formula is C15H20F2O2. The van der Waals surface area contributed by atoms with Crippen LogP contribution in [0.25, 0.3) is 0 Å². The Labute approximate surface area is 112 Å². The van der Waals surface area contributed by atoms with E-state index in [9.17, 15) is 13.6 Å². The van der Waals surface area contributed by atoms with Crippen LogP contribution >= 0.6 is 0 Å². The van der Waals surface area contributed by atoms with E-state index in [1.54, 1.807) is 0 Å². The molecule has 4 heteroatoms. The molecule has 1 rings (SSSR count). The molecule has 106 valence electrons. The second-order valence-corrected chi connectivity index (χ2v) is 4.55. The van der Waals surface area contributed by atoms with Crippen LogP contribution in [0.3, 0.4) is 0 Å². The minimum atomic E-state index is -0.851. The summed E-state index contributed by atoms with van der Waals surface area (Å²) < 4.78 is 32.0. The highest BCUT2D eigenvalue weighted by Gasteiger charge is 2.18. The average molecular weight is 270 g/mol. The molecule has 1 aromatic carbocycles. The highest BCUT2D eigenvalue weighted by Crippen LogP contribution is 2.22. The van der Waals surface area contributed by atoms with Gasteiger partial charge in [-0.15, -0.1) is 0 Å². The standard InChI is InChI=1S/C15H20F2O2/c1-3-4-5-6-7-8-14(18)15-12(16)9-11(19-2)10-13(15)17/h9-10H,3-8H2,1-2H3. The lowest BCUT2D eigenvalue weighted by molar-refractivity contribution is 0.0971. The van der Waals surface area contributed by atoms with E-state index >= 15 is 0 Å². The average Bonchev–Trinajstić information content (AvgIpc) is 2.37. The Morgan fingerprint density at radius 1 is 1.11 bits per heavy atom. The second kappa shape index (κ2) is 7.87. The lowest BCUT2D eigenvalue weighted by Gasteiger charge is -2.07. The first-order valence-electron chi connectivity index (χ1n) is 6.66. The van der Waals surface area contributed by atoms with Gasteiger partial charge in [0.25, 0.3) is 0 Å². The van der Waals surface area contributed by atoms with E-state index in [2.05, 4.69) is 6.92 Å². The van der Waals surface area contributed by atoms with Gasteiger partial charge in [-0.1, -0.05) is 32.6 Å². The molecule has 0 unspecified atom stereocenters. The molecule has 0 bridgehead atoms. The number of ether oxygens (including phenoxy) is 1. The third-order valence-corrected chi connectivity index (χ3v) is 3.04. The number of halogens is 2. The van der Waals surface area contributed by atoms with Gasteiger partial charge < -0.3 is 4.74 Å². The Morgan fingerprint density at radius 2 is 1.68 bits per heavy atom. The van der Waals surface area contributed by atoms with E-state index in [4.69, 9.17) is 4.74 Å². The van der Waals surface area contributed by atoms with Crippen molar-refractivity contribution >= 4 is 5.78 Å². The first kappa shape index (κ1) is 15.6. The van der Waals surface area contributed by atoms with Crippen molar-refractivity contribution < 1.29 is 18.3 Å². The van der Waals surface area contributed by atoms with Gasteiger partial charge in [0.2, 0.25) is 0 Å². The van der Waals surface area contributed by atoms with Gasteiger partial charge in [-0.05, 0) is 6.42 Å². The van der Waals surface area contributed by atoms with Crippen molar-refractivity contribution in [3.63, 3.8) is 0 Å². The van der Waals surface area contributed by atoms with Crippen LogP contribution in [0.1, 0.15) is 55.8 Å². The SMILES string of the molecule is CCCCCCCC(=O)c1c(F)cc(OC)cc1F. The van der Waals surface area contributed by atoms with Crippen molar-refractivity contribution in [2.75, 3.05) is 7.11 Å². The molecule has 0 spiro atoms. The maximum Gasteiger partial charge on any atom is 0.168 e. The Morgan fingerprint density at radius 3 is 2.21 bits per heavy atom. The van der Waals surface area contributed by atoms with Crippen LogP contribution in [-0.2, 0) is 0 Å². The van der Waals surface area contributed by atoms with Crippen molar-refractivity contribution in [3.05, 3.63) is 29.3 Å². The Hall–Kier alpha value is -1.45. The van der Waals surface area contributed by atoms with Gasteiger partial charge >= 0.3 is 0 Å². The Balaban J connectivity index is 2.62. The van der Waals surface area contributed by atoms with Crippen molar-refractivity contribution in [1.29, 1.82) is 0 Å². The van der Waals surface area contributed by atoms with E-state index in [1.165, 1.54) is 7.11 Å². The second-order valence-electron chi connectivity index (χ2n) is 4.55. The van der Waals surface area contributed by atoms with Gasteiger partial charge in [0.1, 0.15) is 17.4 Å². The Bertz CT molecular complexity index is 407. The normalized spacial score (nSPS) is 10.5. The number of hydrogen-bond acceptors (Lipinski definition) is 2. The predicted molar refractivity (Wildman–Crippen MR) is 70.6 cm³/mol. The maximum atomic E-state index is 13.6. The molecule has 0 aromatic heterocycles. The number of benzene rings is 1. The molecule has 0 N–H and O–H groups in total. The molecule has 1 aromatic rings. The molecule has 0 aliphatic heterocycles. The molecule has 2 nitrogen and oxygen atoms in total. The molecule has 0 radical (unpaired) electrons. The fraction of sp³-hybridized carbons (Fsp3) is 0.533.